The molecule has 0 bridgehead atoms. The van der Waals surface area contributed by atoms with E-state index in [1.54, 1.807) is 0 Å². The van der Waals surface area contributed by atoms with Gasteiger partial charge in [0.1, 0.15) is 0 Å². The van der Waals surface area contributed by atoms with Gasteiger partial charge in [-0.3, -0.25) is 9.69 Å². The molecule has 1 fully saturated rings. The first kappa shape index (κ1) is 13.5. The van der Waals surface area contributed by atoms with Crippen molar-refractivity contribution in [2.75, 3.05) is 39.3 Å². The number of rotatable bonds is 7. The Labute approximate surface area is 98.8 Å². The number of nitrogens with one attached hydrogen (secondary N) is 2. The van der Waals surface area contributed by atoms with E-state index in [9.17, 15) is 4.79 Å². The molecule has 94 valence electrons. The van der Waals surface area contributed by atoms with Gasteiger partial charge in [-0.25, -0.2) is 0 Å². The van der Waals surface area contributed by atoms with Crippen LogP contribution in [0, 0.1) is 0 Å². The molecular formula is C12H25N3O. The fraction of sp³-hybridized carbons (Fsp3) is 0.917. The Morgan fingerprint density at radius 2 is 2.00 bits per heavy atom. The van der Waals surface area contributed by atoms with Crippen molar-refractivity contribution in [3.8, 4) is 0 Å². The van der Waals surface area contributed by atoms with Crippen molar-refractivity contribution in [3.63, 3.8) is 0 Å². The number of carbonyl (C=O) groups excluding carboxylic acids is 1. The van der Waals surface area contributed by atoms with E-state index < -0.39 is 0 Å². The lowest BCUT2D eigenvalue weighted by Gasteiger charge is -2.26. The van der Waals surface area contributed by atoms with Gasteiger partial charge in [0.2, 0.25) is 5.91 Å². The summed E-state index contributed by atoms with van der Waals surface area (Å²) in [5.41, 5.74) is 0. The summed E-state index contributed by atoms with van der Waals surface area (Å²) in [6.07, 6.45) is 4.86. The predicted molar refractivity (Wildman–Crippen MR) is 66.5 cm³/mol. The van der Waals surface area contributed by atoms with Crippen LogP contribution in [-0.2, 0) is 4.79 Å². The number of nitrogens with zero attached hydrogens (tertiary/aromatic N) is 1. The van der Waals surface area contributed by atoms with Crippen LogP contribution in [0.25, 0.3) is 0 Å². The maximum atomic E-state index is 11.6. The Morgan fingerprint density at radius 1 is 1.25 bits per heavy atom. The Kier molecular flexibility index (Phi) is 7.17. The highest BCUT2D eigenvalue weighted by molar-refractivity contribution is 5.77. The molecule has 1 aliphatic rings. The summed E-state index contributed by atoms with van der Waals surface area (Å²) in [6, 6.07) is 0. The second-order valence-corrected chi connectivity index (χ2v) is 4.44. The van der Waals surface area contributed by atoms with Crippen LogP contribution in [0.2, 0.25) is 0 Å². The third-order valence-corrected chi connectivity index (χ3v) is 2.93. The lowest BCUT2D eigenvalue weighted by atomic mass is 10.2. The molecule has 0 aromatic rings. The smallest absolute Gasteiger partial charge is 0.234 e. The Morgan fingerprint density at radius 3 is 2.69 bits per heavy atom. The molecule has 1 rings (SSSR count). The molecule has 0 saturated carbocycles. The van der Waals surface area contributed by atoms with Crippen molar-refractivity contribution in [1.82, 2.24) is 15.5 Å². The van der Waals surface area contributed by atoms with E-state index in [4.69, 9.17) is 0 Å². The molecule has 2 N–H and O–H groups in total. The van der Waals surface area contributed by atoms with Crippen LogP contribution in [0.15, 0.2) is 0 Å². The summed E-state index contributed by atoms with van der Waals surface area (Å²) in [4.78, 5) is 13.8. The largest absolute Gasteiger partial charge is 0.355 e. The first-order chi connectivity index (χ1) is 7.83. The molecule has 4 heteroatoms. The van der Waals surface area contributed by atoms with E-state index in [1.807, 2.05) is 0 Å². The van der Waals surface area contributed by atoms with Crippen LogP contribution in [0.5, 0.6) is 0 Å². The molecule has 0 aromatic carbocycles. The monoisotopic (exact) mass is 227 g/mol. The molecule has 1 heterocycles. The zero-order chi connectivity index (χ0) is 11.6. The van der Waals surface area contributed by atoms with E-state index in [2.05, 4.69) is 22.5 Å². The fourth-order valence-corrected chi connectivity index (χ4v) is 1.91. The molecule has 0 unspecified atom stereocenters. The van der Waals surface area contributed by atoms with Crippen LogP contribution in [0.1, 0.15) is 32.6 Å². The maximum absolute atomic E-state index is 11.6. The second kappa shape index (κ2) is 8.53. The van der Waals surface area contributed by atoms with Crippen molar-refractivity contribution in [2.45, 2.75) is 32.6 Å². The topological polar surface area (TPSA) is 44.4 Å². The molecule has 16 heavy (non-hydrogen) atoms. The van der Waals surface area contributed by atoms with Gasteiger partial charge in [0, 0.05) is 32.7 Å². The highest BCUT2D eigenvalue weighted by atomic mass is 16.2. The summed E-state index contributed by atoms with van der Waals surface area (Å²) in [7, 11) is 0. The van der Waals surface area contributed by atoms with Crippen molar-refractivity contribution < 1.29 is 4.79 Å². The molecule has 4 nitrogen and oxygen atoms in total. The quantitative estimate of drug-likeness (QED) is 0.626. The van der Waals surface area contributed by atoms with E-state index in [-0.39, 0.29) is 5.91 Å². The van der Waals surface area contributed by atoms with Crippen molar-refractivity contribution in [3.05, 3.63) is 0 Å². The number of hydrogen-bond donors (Lipinski definition) is 2. The van der Waals surface area contributed by atoms with Gasteiger partial charge in [0.25, 0.3) is 0 Å². The summed E-state index contributed by atoms with van der Waals surface area (Å²) in [5.74, 6) is 0.179. The number of carbonyl (C=O) groups is 1. The minimum Gasteiger partial charge on any atom is -0.355 e. The Hall–Kier alpha value is -0.610. The Bertz CT molecular complexity index is 191. The highest BCUT2D eigenvalue weighted by Gasteiger charge is 2.12. The van der Waals surface area contributed by atoms with Crippen molar-refractivity contribution in [2.24, 2.45) is 0 Å². The molecule has 1 aliphatic heterocycles. The van der Waals surface area contributed by atoms with Gasteiger partial charge in [-0.2, -0.15) is 0 Å². The molecule has 0 radical (unpaired) electrons. The summed E-state index contributed by atoms with van der Waals surface area (Å²) >= 11 is 0. The van der Waals surface area contributed by atoms with E-state index in [0.29, 0.717) is 6.54 Å². The second-order valence-electron chi connectivity index (χ2n) is 4.44. The number of amides is 1. The van der Waals surface area contributed by atoms with Gasteiger partial charge in [0.05, 0.1) is 6.54 Å². The highest BCUT2D eigenvalue weighted by Crippen LogP contribution is 1.97. The summed E-state index contributed by atoms with van der Waals surface area (Å²) in [5, 5.41) is 6.27. The van der Waals surface area contributed by atoms with Crippen LogP contribution >= 0.6 is 0 Å². The minimum atomic E-state index is 0.179. The van der Waals surface area contributed by atoms with Gasteiger partial charge in [0.15, 0.2) is 0 Å². The molecular weight excluding hydrogens is 202 g/mol. The zero-order valence-electron chi connectivity index (χ0n) is 10.4. The van der Waals surface area contributed by atoms with E-state index >= 15 is 0 Å². The normalized spacial score (nSPS) is 17.3. The van der Waals surface area contributed by atoms with Gasteiger partial charge in [-0.15, -0.1) is 0 Å². The van der Waals surface area contributed by atoms with Gasteiger partial charge in [-0.1, -0.05) is 26.2 Å². The predicted octanol–water partition coefficient (Wildman–Crippen LogP) is 0.588. The average molecular weight is 227 g/mol. The van der Waals surface area contributed by atoms with Gasteiger partial charge >= 0.3 is 0 Å². The lowest BCUT2D eigenvalue weighted by molar-refractivity contribution is -0.122. The zero-order valence-corrected chi connectivity index (χ0v) is 10.4. The van der Waals surface area contributed by atoms with Crippen molar-refractivity contribution >= 4 is 5.91 Å². The van der Waals surface area contributed by atoms with Crippen LogP contribution in [-0.4, -0.2) is 50.1 Å². The summed E-state index contributed by atoms with van der Waals surface area (Å²) in [6.45, 7) is 7.59. The minimum absolute atomic E-state index is 0.179. The first-order valence-corrected chi connectivity index (χ1v) is 6.52. The van der Waals surface area contributed by atoms with E-state index in [0.717, 1.165) is 39.1 Å². The fourth-order valence-electron chi connectivity index (χ4n) is 1.91. The van der Waals surface area contributed by atoms with Crippen molar-refractivity contribution in [1.29, 1.82) is 0 Å². The van der Waals surface area contributed by atoms with Crippen LogP contribution in [0.3, 0.4) is 0 Å². The Balaban J connectivity index is 1.97. The third-order valence-electron chi connectivity index (χ3n) is 2.93. The lowest BCUT2D eigenvalue weighted by Crippen LogP contribution is -2.47. The molecule has 0 aliphatic carbocycles. The molecule has 0 aromatic heterocycles. The van der Waals surface area contributed by atoms with Gasteiger partial charge < -0.3 is 10.6 Å². The number of hydrogen-bond acceptors (Lipinski definition) is 3. The number of unbranched alkanes of at least 4 members (excludes halogenated alkanes) is 3. The molecule has 0 spiro atoms. The molecule has 1 amide bonds. The SMILES string of the molecule is CCCCCCNC(=O)CN1CCNCC1. The van der Waals surface area contributed by atoms with E-state index in [1.165, 1.54) is 19.3 Å². The van der Waals surface area contributed by atoms with Crippen LogP contribution < -0.4 is 10.6 Å². The summed E-state index contributed by atoms with van der Waals surface area (Å²) < 4.78 is 0. The first-order valence-electron chi connectivity index (χ1n) is 6.52. The molecule has 1 saturated heterocycles. The number of piperazine rings is 1. The third kappa shape index (κ3) is 6.08. The van der Waals surface area contributed by atoms with Gasteiger partial charge in [-0.05, 0) is 6.42 Å². The standard InChI is InChI=1S/C12H25N3O/c1-2-3-4-5-6-14-12(16)11-15-9-7-13-8-10-15/h13H,2-11H2,1H3,(H,14,16). The molecule has 0 atom stereocenters. The average Bonchev–Trinajstić information content (AvgIpc) is 2.30. The van der Waals surface area contributed by atoms with Crippen LogP contribution in [0.4, 0.5) is 0 Å². The maximum Gasteiger partial charge on any atom is 0.234 e.